The zero-order chi connectivity index (χ0) is 8.15. The van der Waals surface area contributed by atoms with E-state index in [0.717, 1.165) is 0 Å². The molecule has 0 radical (unpaired) electrons. The van der Waals surface area contributed by atoms with Crippen LogP contribution in [0, 0.1) is 0 Å². The summed E-state index contributed by atoms with van der Waals surface area (Å²) in [4.78, 5) is 10.5. The minimum absolute atomic E-state index is 0.224. The molecule has 0 rings (SSSR count). The molecule has 0 bridgehead atoms. The van der Waals surface area contributed by atoms with Crippen LogP contribution in [0.2, 0.25) is 0 Å². The molecule has 0 aliphatic heterocycles. The van der Waals surface area contributed by atoms with Crippen LogP contribution in [0.3, 0.4) is 0 Å². The lowest BCUT2D eigenvalue weighted by Crippen LogP contribution is -2.25. The summed E-state index contributed by atoms with van der Waals surface area (Å²) >= 11 is 0. The lowest BCUT2D eigenvalue weighted by Gasteiger charge is -2.10. The average molecular weight is 148 g/mol. The minimum Gasteiger partial charge on any atom is -0.458 e. The first kappa shape index (κ1) is 9.39. The van der Waals surface area contributed by atoms with E-state index in [2.05, 4.69) is 4.74 Å². The van der Waals surface area contributed by atoms with Gasteiger partial charge in [-0.25, -0.2) is 4.79 Å². The number of carbonyl (C=O) groups excluding carboxylic acids is 1. The Morgan fingerprint density at radius 1 is 1.60 bits per heavy atom. The van der Waals surface area contributed by atoms with Crippen LogP contribution >= 0.6 is 0 Å². The fourth-order valence-corrected chi connectivity index (χ4v) is 0.334. The topological polar surface area (TPSA) is 66.8 Å². The lowest BCUT2D eigenvalue weighted by atomic mass is 10.4. The van der Waals surface area contributed by atoms with Gasteiger partial charge in [0.05, 0.1) is 6.61 Å². The van der Waals surface area contributed by atoms with E-state index in [1.54, 1.807) is 6.92 Å². The Morgan fingerprint density at radius 3 is 2.40 bits per heavy atom. The van der Waals surface area contributed by atoms with Gasteiger partial charge in [-0.1, -0.05) is 0 Å². The van der Waals surface area contributed by atoms with Gasteiger partial charge in [0, 0.05) is 0 Å². The number of ether oxygens (including phenoxy) is 1. The maximum absolute atomic E-state index is 10.5. The second kappa shape index (κ2) is 4.24. The summed E-state index contributed by atoms with van der Waals surface area (Å²) in [7, 11) is 0. The van der Waals surface area contributed by atoms with Gasteiger partial charge < -0.3 is 14.9 Å². The summed E-state index contributed by atoms with van der Waals surface area (Å²) in [6.07, 6.45) is -1.66. The highest BCUT2D eigenvalue weighted by atomic mass is 16.6. The van der Waals surface area contributed by atoms with Gasteiger partial charge in [-0.15, -0.1) is 0 Å². The summed E-state index contributed by atoms with van der Waals surface area (Å²) in [6.45, 7) is 2.63. The van der Waals surface area contributed by atoms with Gasteiger partial charge in [-0.05, 0) is 13.8 Å². The molecule has 4 nitrogen and oxygen atoms in total. The zero-order valence-corrected chi connectivity index (χ0v) is 6.07. The standard InChI is InChI=1S/C6H12O4/c1-4(3-7)10-6(9)5(2)8/h4-5,7-8H,3H2,1-2H3/t4-,5-/m0/s1. The monoisotopic (exact) mass is 148 g/mol. The second-order valence-electron chi connectivity index (χ2n) is 2.11. The molecule has 0 heterocycles. The molecule has 0 fully saturated rings. The highest BCUT2D eigenvalue weighted by Gasteiger charge is 2.12. The third-order valence-corrected chi connectivity index (χ3v) is 0.916. The number of aliphatic hydroxyl groups excluding tert-OH is 2. The van der Waals surface area contributed by atoms with E-state index in [-0.39, 0.29) is 6.61 Å². The molecule has 0 aromatic heterocycles. The maximum atomic E-state index is 10.5. The van der Waals surface area contributed by atoms with Crippen LogP contribution in [-0.4, -0.2) is 35.0 Å². The fourth-order valence-electron chi connectivity index (χ4n) is 0.334. The SMILES string of the molecule is C[C@H](O)C(=O)O[C@@H](C)CO. The molecule has 0 spiro atoms. The van der Waals surface area contributed by atoms with Crippen molar-refractivity contribution in [2.24, 2.45) is 0 Å². The molecular formula is C6H12O4. The van der Waals surface area contributed by atoms with E-state index in [1.165, 1.54) is 6.92 Å². The first-order valence-electron chi connectivity index (χ1n) is 3.07. The summed E-state index contributed by atoms with van der Waals surface area (Å²) in [5.74, 6) is -0.707. The van der Waals surface area contributed by atoms with Crippen LogP contribution in [0.15, 0.2) is 0 Å². The van der Waals surface area contributed by atoms with Crippen LogP contribution in [0.5, 0.6) is 0 Å². The Hall–Kier alpha value is -0.610. The Balaban J connectivity index is 3.57. The number of rotatable bonds is 3. The molecule has 0 aromatic carbocycles. The first-order valence-corrected chi connectivity index (χ1v) is 3.07. The average Bonchev–Trinajstić information content (AvgIpc) is 1.87. The third-order valence-electron chi connectivity index (χ3n) is 0.916. The van der Waals surface area contributed by atoms with Gasteiger partial charge in [-0.3, -0.25) is 0 Å². The molecular weight excluding hydrogens is 136 g/mol. The van der Waals surface area contributed by atoms with E-state index < -0.39 is 18.2 Å². The van der Waals surface area contributed by atoms with Crippen LogP contribution in [0.25, 0.3) is 0 Å². The van der Waals surface area contributed by atoms with Crippen molar-refractivity contribution in [2.75, 3.05) is 6.61 Å². The summed E-state index contributed by atoms with van der Waals surface area (Å²) < 4.78 is 4.52. The fraction of sp³-hybridized carbons (Fsp3) is 0.833. The Labute approximate surface area is 59.4 Å². The molecule has 0 amide bonds. The molecule has 0 saturated carbocycles. The van der Waals surface area contributed by atoms with Gasteiger partial charge in [0.1, 0.15) is 12.2 Å². The predicted molar refractivity (Wildman–Crippen MR) is 34.3 cm³/mol. The van der Waals surface area contributed by atoms with E-state index in [9.17, 15) is 4.79 Å². The smallest absolute Gasteiger partial charge is 0.335 e. The van der Waals surface area contributed by atoms with Crippen molar-refractivity contribution in [1.29, 1.82) is 0 Å². The van der Waals surface area contributed by atoms with Gasteiger partial charge >= 0.3 is 5.97 Å². The number of hydrogen-bond acceptors (Lipinski definition) is 4. The highest BCUT2D eigenvalue weighted by molar-refractivity contribution is 5.73. The van der Waals surface area contributed by atoms with Gasteiger partial charge in [-0.2, -0.15) is 0 Å². The molecule has 2 N–H and O–H groups in total. The van der Waals surface area contributed by atoms with Crippen molar-refractivity contribution >= 4 is 5.97 Å². The number of esters is 1. The van der Waals surface area contributed by atoms with Gasteiger partial charge in [0.2, 0.25) is 0 Å². The highest BCUT2D eigenvalue weighted by Crippen LogP contribution is 1.92. The molecule has 0 aliphatic carbocycles. The van der Waals surface area contributed by atoms with E-state index >= 15 is 0 Å². The van der Waals surface area contributed by atoms with Crippen molar-refractivity contribution in [3.8, 4) is 0 Å². The summed E-state index contributed by atoms with van der Waals surface area (Å²) in [5, 5.41) is 17.0. The van der Waals surface area contributed by atoms with E-state index in [1.807, 2.05) is 0 Å². The van der Waals surface area contributed by atoms with Crippen molar-refractivity contribution in [3.05, 3.63) is 0 Å². The zero-order valence-electron chi connectivity index (χ0n) is 6.07. The van der Waals surface area contributed by atoms with Crippen LogP contribution in [0.1, 0.15) is 13.8 Å². The summed E-state index contributed by atoms with van der Waals surface area (Å²) in [6, 6.07) is 0. The second-order valence-corrected chi connectivity index (χ2v) is 2.11. The normalized spacial score (nSPS) is 16.0. The molecule has 10 heavy (non-hydrogen) atoms. The van der Waals surface area contributed by atoms with Crippen LogP contribution < -0.4 is 0 Å². The molecule has 60 valence electrons. The van der Waals surface area contributed by atoms with Gasteiger partial charge in [0.15, 0.2) is 0 Å². The van der Waals surface area contributed by atoms with Crippen LogP contribution in [0.4, 0.5) is 0 Å². The first-order chi connectivity index (χ1) is 4.57. The maximum Gasteiger partial charge on any atom is 0.335 e. The molecule has 0 unspecified atom stereocenters. The number of aliphatic hydroxyl groups is 2. The molecule has 0 aliphatic rings. The number of hydrogen-bond donors (Lipinski definition) is 2. The molecule has 4 heteroatoms. The minimum atomic E-state index is -1.12. The van der Waals surface area contributed by atoms with Gasteiger partial charge in [0.25, 0.3) is 0 Å². The molecule has 2 atom stereocenters. The predicted octanol–water partition coefficient (Wildman–Crippen LogP) is -0.709. The van der Waals surface area contributed by atoms with Crippen LogP contribution in [-0.2, 0) is 9.53 Å². The lowest BCUT2D eigenvalue weighted by molar-refractivity contribution is -0.158. The third kappa shape index (κ3) is 3.42. The van der Waals surface area contributed by atoms with Crippen molar-refractivity contribution < 1.29 is 19.7 Å². The van der Waals surface area contributed by atoms with E-state index in [4.69, 9.17) is 10.2 Å². The quantitative estimate of drug-likeness (QED) is 0.519. The Bertz CT molecular complexity index is 110. The molecule has 0 saturated heterocycles. The van der Waals surface area contributed by atoms with E-state index in [0.29, 0.717) is 0 Å². The molecule has 0 aromatic rings. The van der Waals surface area contributed by atoms with Crippen molar-refractivity contribution in [1.82, 2.24) is 0 Å². The summed E-state index contributed by atoms with van der Waals surface area (Å²) in [5.41, 5.74) is 0. The Kier molecular flexibility index (Phi) is 3.99. The van der Waals surface area contributed by atoms with Crippen molar-refractivity contribution in [3.63, 3.8) is 0 Å². The Morgan fingerprint density at radius 2 is 2.10 bits per heavy atom. The number of carbonyl (C=O) groups is 1. The largest absolute Gasteiger partial charge is 0.458 e. The van der Waals surface area contributed by atoms with Crippen molar-refractivity contribution in [2.45, 2.75) is 26.1 Å².